The molecule has 0 aliphatic rings. The average molecular weight is 226 g/mol. The van der Waals surface area contributed by atoms with E-state index in [9.17, 15) is 0 Å². The van der Waals surface area contributed by atoms with E-state index in [-0.39, 0.29) is 0 Å². The van der Waals surface area contributed by atoms with Crippen LogP contribution in [0.5, 0.6) is 0 Å². The van der Waals surface area contributed by atoms with Gasteiger partial charge in [0.15, 0.2) is 0 Å². The van der Waals surface area contributed by atoms with E-state index >= 15 is 0 Å². The molecule has 78 valence electrons. The third kappa shape index (κ3) is 4.79. The topological polar surface area (TPSA) is 36.9 Å². The van der Waals surface area contributed by atoms with Gasteiger partial charge < -0.3 is 0 Å². The minimum atomic E-state index is -2.96. The van der Waals surface area contributed by atoms with Crippen molar-refractivity contribution < 1.29 is 32.4 Å². The Morgan fingerprint density at radius 1 is 1.15 bits per heavy atom. The molecule has 0 aromatic rings. The summed E-state index contributed by atoms with van der Waals surface area (Å²) in [6.45, 7) is 5.97. The van der Waals surface area contributed by atoms with E-state index in [4.69, 9.17) is 14.7 Å². The summed E-state index contributed by atoms with van der Waals surface area (Å²) in [5.41, 5.74) is 0. The molecule has 0 N–H and O–H groups in total. The normalized spacial score (nSPS) is 11.4. The zero-order valence-corrected chi connectivity index (χ0v) is 10.3. The van der Waals surface area contributed by atoms with Crippen LogP contribution >= 0.6 is 0 Å². The predicted octanol–water partition coefficient (Wildman–Crippen LogP) is 1.79. The molecule has 0 amide bonds. The summed E-state index contributed by atoms with van der Waals surface area (Å²) in [5, 5.41) is 0. The first-order chi connectivity index (χ1) is 6.10. The van der Waals surface area contributed by atoms with E-state index in [1.54, 1.807) is 28.3 Å². The molecule has 0 unspecified atom stereocenters. The van der Waals surface area contributed by atoms with Crippen molar-refractivity contribution in [2.75, 3.05) is 27.9 Å². The first-order valence-corrected chi connectivity index (χ1v) is 7.05. The molecule has 0 atom stereocenters. The number of rotatable bonds is 7. The zero-order valence-electron chi connectivity index (χ0n) is 8.75. The van der Waals surface area contributed by atoms with Crippen LogP contribution in [0.25, 0.3) is 0 Å². The summed E-state index contributed by atoms with van der Waals surface area (Å²) in [6, 6.07) is 0. The van der Waals surface area contributed by atoms with Crippen molar-refractivity contribution in [2.24, 2.45) is 0 Å². The van der Waals surface area contributed by atoms with Crippen LogP contribution in [-0.4, -0.2) is 27.9 Å². The maximum absolute atomic E-state index is 5.25. The fourth-order valence-corrected chi connectivity index (χ4v) is 3.19. The molecule has 13 heavy (non-hydrogen) atoms. The Morgan fingerprint density at radius 2 is 1.62 bits per heavy atom. The molecule has 0 rings (SSSR count). The van der Waals surface area contributed by atoms with Gasteiger partial charge in [0.05, 0.1) is 0 Å². The second-order valence-corrected chi connectivity index (χ2v) is 7.42. The Labute approximate surface area is 84.6 Å². The van der Waals surface area contributed by atoms with Crippen molar-refractivity contribution >= 4 is 0 Å². The summed E-state index contributed by atoms with van der Waals surface area (Å²) in [7, 11) is 4.81. The maximum atomic E-state index is 5.25. The molecule has 5 heteroatoms. The van der Waals surface area contributed by atoms with Crippen molar-refractivity contribution in [2.45, 2.75) is 11.6 Å². The van der Waals surface area contributed by atoms with E-state index < -0.39 is 17.8 Å². The Bertz CT molecular complexity index is 148. The van der Waals surface area contributed by atoms with Gasteiger partial charge in [-0.2, -0.15) is 0 Å². The van der Waals surface area contributed by atoms with Crippen molar-refractivity contribution in [3.05, 3.63) is 12.3 Å². The Morgan fingerprint density at radius 3 is 1.92 bits per heavy atom. The van der Waals surface area contributed by atoms with Crippen LogP contribution in [0.3, 0.4) is 0 Å². The second-order valence-electron chi connectivity index (χ2n) is 2.60. The van der Waals surface area contributed by atoms with Gasteiger partial charge in [-0.1, -0.05) is 0 Å². The number of allylic oxidation sites excluding steroid dienone is 1. The van der Waals surface area contributed by atoms with Gasteiger partial charge >= 0.3 is 84.4 Å². The molecule has 0 aliphatic carbocycles. The summed E-state index contributed by atoms with van der Waals surface area (Å²) in [5.74, 6) is 0.694. The summed E-state index contributed by atoms with van der Waals surface area (Å²) in [6.07, 6.45) is 0. The SMILES string of the molecule is C=C(C)OC[CH2][Ti]([O]C)([O]C)[O]C. The Hall–Kier alpha value is 0.134. The van der Waals surface area contributed by atoms with Crippen molar-refractivity contribution in [1.82, 2.24) is 0 Å². The number of ether oxygens (including phenoxy) is 1. The number of hydrogen-bond donors (Lipinski definition) is 0. The second kappa shape index (κ2) is 6.57. The van der Waals surface area contributed by atoms with E-state index in [2.05, 4.69) is 6.58 Å². The van der Waals surface area contributed by atoms with Gasteiger partial charge in [-0.15, -0.1) is 0 Å². The van der Waals surface area contributed by atoms with Crippen LogP contribution in [0.2, 0.25) is 4.73 Å². The van der Waals surface area contributed by atoms with Gasteiger partial charge in [0.25, 0.3) is 0 Å². The van der Waals surface area contributed by atoms with Gasteiger partial charge in [0.2, 0.25) is 0 Å². The molecule has 0 saturated heterocycles. The van der Waals surface area contributed by atoms with Crippen LogP contribution in [-0.2, 0) is 32.4 Å². The van der Waals surface area contributed by atoms with E-state index in [1.165, 1.54) is 0 Å². The van der Waals surface area contributed by atoms with Crippen LogP contribution < -0.4 is 0 Å². The molecule has 0 heterocycles. The van der Waals surface area contributed by atoms with Crippen LogP contribution in [0.1, 0.15) is 6.92 Å². The van der Waals surface area contributed by atoms with E-state index in [0.29, 0.717) is 17.1 Å². The first kappa shape index (κ1) is 13.1. The van der Waals surface area contributed by atoms with Gasteiger partial charge in [0.1, 0.15) is 0 Å². The van der Waals surface area contributed by atoms with E-state index in [0.717, 1.165) is 0 Å². The summed E-state index contributed by atoms with van der Waals surface area (Å²) < 4.78 is 21.6. The molecular weight excluding hydrogens is 208 g/mol. The third-order valence-corrected chi connectivity index (χ3v) is 5.88. The molecule has 0 aliphatic heterocycles. The van der Waals surface area contributed by atoms with Crippen LogP contribution in [0, 0.1) is 0 Å². The molecule has 0 aromatic carbocycles. The molecule has 0 aromatic heterocycles. The van der Waals surface area contributed by atoms with Gasteiger partial charge in [-0.3, -0.25) is 0 Å². The molecule has 0 bridgehead atoms. The molecule has 0 radical (unpaired) electrons. The van der Waals surface area contributed by atoms with E-state index in [1.807, 2.05) is 0 Å². The first-order valence-electron chi connectivity index (χ1n) is 4.04. The standard InChI is InChI=1S/C5H9O.3CH3O.Ti/c1-4-6-5(2)3;3*1-2;/h1-2,4H2,3H3;3*1H3;/q;3*-1;+3. The molecule has 0 spiro atoms. The molecule has 0 fully saturated rings. The minimum absolute atomic E-state index is 0.533. The van der Waals surface area contributed by atoms with Crippen molar-refractivity contribution in [1.29, 1.82) is 0 Å². The molecule has 4 nitrogen and oxygen atoms in total. The van der Waals surface area contributed by atoms with Crippen LogP contribution in [0.15, 0.2) is 12.3 Å². The number of hydrogen-bond acceptors (Lipinski definition) is 4. The Balaban J connectivity index is 3.88. The van der Waals surface area contributed by atoms with Gasteiger partial charge in [0, 0.05) is 0 Å². The summed E-state index contributed by atoms with van der Waals surface area (Å²) in [4.78, 5) is 0. The average Bonchev–Trinajstić information content (AvgIpc) is 2.13. The Kier molecular flexibility index (Phi) is 6.64. The zero-order chi connectivity index (χ0) is 10.3. The fraction of sp³-hybridized carbons (Fsp3) is 0.750. The molecular formula is C8H18O4Ti. The molecule has 0 saturated carbocycles. The fourth-order valence-electron chi connectivity index (χ4n) is 0.906. The third-order valence-electron chi connectivity index (χ3n) is 1.69. The van der Waals surface area contributed by atoms with Gasteiger partial charge in [-0.05, 0) is 0 Å². The monoisotopic (exact) mass is 226 g/mol. The van der Waals surface area contributed by atoms with Crippen molar-refractivity contribution in [3.63, 3.8) is 0 Å². The van der Waals surface area contributed by atoms with Crippen LogP contribution in [0.4, 0.5) is 0 Å². The predicted molar refractivity (Wildman–Crippen MR) is 46.6 cm³/mol. The van der Waals surface area contributed by atoms with Gasteiger partial charge in [-0.25, -0.2) is 0 Å². The van der Waals surface area contributed by atoms with Crippen molar-refractivity contribution in [3.8, 4) is 0 Å². The quantitative estimate of drug-likeness (QED) is 0.490. The summed E-state index contributed by atoms with van der Waals surface area (Å²) >= 11 is -2.96.